The van der Waals surface area contributed by atoms with E-state index in [2.05, 4.69) is 0 Å². The number of hydrogen-bond acceptors (Lipinski definition) is 1. The van der Waals surface area contributed by atoms with Crippen LogP contribution in [0, 0.1) is 11.6 Å². The monoisotopic (exact) mass is 318 g/mol. The van der Waals surface area contributed by atoms with Crippen LogP contribution in [0.15, 0.2) is 48.5 Å². The molecule has 0 saturated carbocycles. The number of fused-ring (bicyclic) bond motifs is 1. The van der Waals surface area contributed by atoms with E-state index in [-0.39, 0.29) is 16.1 Å². The Balaban J connectivity index is 2.33. The number of carboxylic acid groups (broad SMARTS) is 1. The van der Waals surface area contributed by atoms with Crippen LogP contribution in [0.2, 0.25) is 5.02 Å². The first-order valence-corrected chi connectivity index (χ1v) is 6.76. The largest absolute Gasteiger partial charge is 0.478 e. The Labute approximate surface area is 129 Å². The molecule has 0 unspecified atom stereocenters. The van der Waals surface area contributed by atoms with Crippen molar-refractivity contribution in [2.45, 2.75) is 0 Å². The van der Waals surface area contributed by atoms with Crippen LogP contribution in [-0.4, -0.2) is 11.1 Å². The van der Waals surface area contributed by atoms with Crippen LogP contribution in [0.25, 0.3) is 21.9 Å². The van der Waals surface area contributed by atoms with Gasteiger partial charge >= 0.3 is 5.97 Å². The van der Waals surface area contributed by atoms with Gasteiger partial charge in [0.2, 0.25) is 0 Å². The molecule has 0 saturated heterocycles. The van der Waals surface area contributed by atoms with Crippen molar-refractivity contribution in [1.29, 1.82) is 0 Å². The molecule has 5 heteroatoms. The van der Waals surface area contributed by atoms with E-state index < -0.39 is 17.6 Å². The SMILES string of the molecule is O=C(O)c1ccc2cccc(-c3cc(Cl)c(F)cc3F)c2c1. The molecule has 0 radical (unpaired) electrons. The number of halogens is 3. The van der Waals surface area contributed by atoms with Gasteiger partial charge < -0.3 is 5.11 Å². The summed E-state index contributed by atoms with van der Waals surface area (Å²) < 4.78 is 27.4. The second-order valence-corrected chi connectivity index (χ2v) is 5.20. The molecule has 0 aliphatic heterocycles. The number of aromatic carboxylic acids is 1. The van der Waals surface area contributed by atoms with E-state index in [1.807, 2.05) is 0 Å². The molecule has 0 aliphatic rings. The first kappa shape index (κ1) is 14.5. The molecule has 3 aromatic carbocycles. The van der Waals surface area contributed by atoms with Crippen LogP contribution in [0.5, 0.6) is 0 Å². The normalized spacial score (nSPS) is 10.9. The molecular formula is C17H9ClF2O2. The Morgan fingerprint density at radius 1 is 0.955 bits per heavy atom. The van der Waals surface area contributed by atoms with Crippen LogP contribution in [-0.2, 0) is 0 Å². The molecule has 3 rings (SSSR count). The molecule has 0 spiro atoms. The molecule has 3 aromatic rings. The van der Waals surface area contributed by atoms with Crippen LogP contribution in [0.4, 0.5) is 8.78 Å². The molecule has 0 aliphatic carbocycles. The van der Waals surface area contributed by atoms with Crippen LogP contribution in [0.3, 0.4) is 0 Å². The zero-order valence-electron chi connectivity index (χ0n) is 11.1. The third-order valence-corrected chi connectivity index (χ3v) is 3.72. The lowest BCUT2D eigenvalue weighted by Gasteiger charge is -2.10. The second kappa shape index (κ2) is 5.39. The van der Waals surface area contributed by atoms with E-state index in [1.54, 1.807) is 24.3 Å². The predicted octanol–water partition coefficient (Wildman–Crippen LogP) is 5.14. The van der Waals surface area contributed by atoms with Crippen molar-refractivity contribution in [3.05, 3.63) is 70.8 Å². The smallest absolute Gasteiger partial charge is 0.335 e. The summed E-state index contributed by atoms with van der Waals surface area (Å²) in [6, 6.07) is 11.6. The number of carbonyl (C=O) groups is 1. The van der Waals surface area contributed by atoms with Crippen molar-refractivity contribution in [2.24, 2.45) is 0 Å². The maximum absolute atomic E-state index is 14.1. The van der Waals surface area contributed by atoms with Gasteiger partial charge in [0.1, 0.15) is 11.6 Å². The molecule has 1 N–H and O–H groups in total. The van der Waals surface area contributed by atoms with Gasteiger partial charge in [-0.1, -0.05) is 35.9 Å². The van der Waals surface area contributed by atoms with Gasteiger partial charge in [-0.3, -0.25) is 0 Å². The zero-order valence-corrected chi connectivity index (χ0v) is 11.9. The maximum atomic E-state index is 14.1. The molecule has 2 nitrogen and oxygen atoms in total. The van der Waals surface area contributed by atoms with Gasteiger partial charge in [0.15, 0.2) is 0 Å². The van der Waals surface area contributed by atoms with Crippen molar-refractivity contribution in [3.8, 4) is 11.1 Å². The topological polar surface area (TPSA) is 37.3 Å². The van der Waals surface area contributed by atoms with Gasteiger partial charge in [-0.2, -0.15) is 0 Å². The highest BCUT2D eigenvalue weighted by atomic mass is 35.5. The van der Waals surface area contributed by atoms with E-state index >= 15 is 0 Å². The van der Waals surface area contributed by atoms with Gasteiger partial charge in [0, 0.05) is 11.6 Å². The van der Waals surface area contributed by atoms with Crippen molar-refractivity contribution in [1.82, 2.24) is 0 Å². The number of hydrogen-bond donors (Lipinski definition) is 1. The van der Waals surface area contributed by atoms with Gasteiger partial charge in [-0.25, -0.2) is 13.6 Å². The molecule has 22 heavy (non-hydrogen) atoms. The minimum atomic E-state index is -1.07. The van der Waals surface area contributed by atoms with Crippen LogP contribution >= 0.6 is 11.6 Å². The molecule has 0 aromatic heterocycles. The summed E-state index contributed by atoms with van der Waals surface area (Å²) in [7, 11) is 0. The highest BCUT2D eigenvalue weighted by molar-refractivity contribution is 6.31. The predicted molar refractivity (Wildman–Crippen MR) is 81.3 cm³/mol. The molecule has 0 atom stereocenters. The molecule has 0 fully saturated rings. The fourth-order valence-electron chi connectivity index (χ4n) is 2.37. The zero-order chi connectivity index (χ0) is 15.9. The maximum Gasteiger partial charge on any atom is 0.335 e. The molecule has 0 amide bonds. The minimum Gasteiger partial charge on any atom is -0.478 e. The van der Waals surface area contributed by atoms with Gasteiger partial charge in [0.05, 0.1) is 10.6 Å². The summed E-state index contributed by atoms with van der Waals surface area (Å²) in [5.41, 5.74) is 0.674. The highest BCUT2D eigenvalue weighted by Gasteiger charge is 2.14. The fraction of sp³-hybridized carbons (Fsp3) is 0. The summed E-state index contributed by atoms with van der Waals surface area (Å²) >= 11 is 5.73. The van der Waals surface area contributed by atoms with Crippen molar-refractivity contribution < 1.29 is 18.7 Å². The Bertz CT molecular complexity index is 907. The third-order valence-electron chi connectivity index (χ3n) is 3.43. The van der Waals surface area contributed by atoms with Gasteiger partial charge in [-0.15, -0.1) is 0 Å². The van der Waals surface area contributed by atoms with Crippen molar-refractivity contribution in [2.75, 3.05) is 0 Å². The summed E-state index contributed by atoms with van der Waals surface area (Å²) in [5.74, 6) is -2.67. The van der Waals surface area contributed by atoms with Crippen molar-refractivity contribution in [3.63, 3.8) is 0 Å². The average molecular weight is 319 g/mol. The third kappa shape index (κ3) is 2.42. The molecule has 0 heterocycles. The second-order valence-electron chi connectivity index (χ2n) is 4.79. The number of rotatable bonds is 2. The van der Waals surface area contributed by atoms with E-state index in [1.165, 1.54) is 18.2 Å². The standard InChI is InChI=1S/C17H9ClF2O2/c18-14-7-13(15(19)8-16(14)20)11-3-1-2-9-4-5-10(17(21)22)6-12(9)11/h1-8H,(H,21,22). The first-order chi connectivity index (χ1) is 10.5. The molecule has 110 valence electrons. The number of benzene rings is 3. The Morgan fingerprint density at radius 2 is 1.73 bits per heavy atom. The fourth-order valence-corrected chi connectivity index (χ4v) is 2.53. The molecule has 0 bridgehead atoms. The summed E-state index contributed by atoms with van der Waals surface area (Å²) in [4.78, 5) is 11.1. The highest BCUT2D eigenvalue weighted by Crippen LogP contribution is 2.33. The first-order valence-electron chi connectivity index (χ1n) is 6.38. The lowest BCUT2D eigenvalue weighted by molar-refractivity contribution is 0.0697. The van der Waals surface area contributed by atoms with Crippen LogP contribution in [0.1, 0.15) is 10.4 Å². The summed E-state index contributed by atoms with van der Waals surface area (Å²) in [6.45, 7) is 0. The average Bonchev–Trinajstić information content (AvgIpc) is 2.50. The Hall–Kier alpha value is -2.46. The van der Waals surface area contributed by atoms with Gasteiger partial charge in [-0.05, 0) is 34.5 Å². The lowest BCUT2D eigenvalue weighted by Crippen LogP contribution is -1.96. The lowest BCUT2D eigenvalue weighted by atomic mass is 9.96. The molecular weight excluding hydrogens is 310 g/mol. The van der Waals surface area contributed by atoms with Crippen molar-refractivity contribution >= 4 is 28.3 Å². The summed E-state index contributed by atoms with van der Waals surface area (Å²) in [6.07, 6.45) is 0. The van der Waals surface area contributed by atoms with Gasteiger partial charge in [0.25, 0.3) is 0 Å². The van der Waals surface area contributed by atoms with E-state index in [4.69, 9.17) is 16.7 Å². The van der Waals surface area contributed by atoms with E-state index in [0.717, 1.165) is 11.5 Å². The minimum absolute atomic E-state index is 0.0913. The van der Waals surface area contributed by atoms with E-state index in [0.29, 0.717) is 10.9 Å². The Kier molecular flexibility index (Phi) is 3.54. The summed E-state index contributed by atoms with van der Waals surface area (Å²) in [5, 5.41) is 10.2. The quantitative estimate of drug-likeness (QED) is 0.664. The van der Waals surface area contributed by atoms with E-state index in [9.17, 15) is 13.6 Å². The number of carboxylic acids is 1. The Morgan fingerprint density at radius 3 is 2.45 bits per heavy atom. The van der Waals surface area contributed by atoms with Crippen LogP contribution < -0.4 is 0 Å².